The van der Waals surface area contributed by atoms with E-state index in [9.17, 15) is 9.59 Å². The van der Waals surface area contributed by atoms with Gasteiger partial charge in [0, 0.05) is 56.1 Å². The minimum absolute atomic E-state index is 0.0250. The van der Waals surface area contributed by atoms with Crippen LogP contribution in [0.3, 0.4) is 0 Å². The summed E-state index contributed by atoms with van der Waals surface area (Å²) in [6.07, 6.45) is 0. The first kappa shape index (κ1) is 20.6. The first-order valence-corrected chi connectivity index (χ1v) is 11.0. The molecule has 3 heterocycles. The summed E-state index contributed by atoms with van der Waals surface area (Å²) in [5.74, 6) is 0.678. The molecule has 1 aromatic heterocycles. The average Bonchev–Trinajstić information content (AvgIpc) is 3.39. The molecule has 2 N–H and O–H groups in total. The van der Waals surface area contributed by atoms with E-state index in [-0.39, 0.29) is 23.1 Å². The van der Waals surface area contributed by atoms with E-state index in [0.717, 1.165) is 29.7 Å². The lowest BCUT2D eigenvalue weighted by atomic mass is 9.71. The Morgan fingerprint density at radius 1 is 1.12 bits per heavy atom. The van der Waals surface area contributed by atoms with Crippen LogP contribution in [0.25, 0.3) is 10.9 Å². The van der Waals surface area contributed by atoms with Gasteiger partial charge in [0.2, 0.25) is 5.91 Å². The van der Waals surface area contributed by atoms with E-state index in [1.54, 1.807) is 14.2 Å². The number of hydrogen-bond donors (Lipinski definition) is 2. The molecule has 1 spiro atoms. The zero-order valence-corrected chi connectivity index (χ0v) is 18.4. The number of amides is 2. The van der Waals surface area contributed by atoms with Crippen LogP contribution in [0, 0.1) is 11.3 Å². The number of carbonyl (C=O) groups is 2. The van der Waals surface area contributed by atoms with Crippen LogP contribution in [0.1, 0.15) is 16.1 Å². The average molecular weight is 433 g/mol. The molecule has 3 aromatic rings. The first-order chi connectivity index (χ1) is 15.5. The number of fused-ring (bicyclic) bond motifs is 1. The number of methoxy groups -OCH3 is 1. The Hall–Kier alpha value is -3.32. The Kier molecular flexibility index (Phi) is 5.13. The minimum Gasteiger partial charge on any atom is -0.497 e. The fourth-order valence-corrected chi connectivity index (χ4v) is 5.27. The molecule has 2 aliphatic heterocycles. The summed E-state index contributed by atoms with van der Waals surface area (Å²) in [5.41, 5.74) is 2.52. The molecule has 0 radical (unpaired) electrons. The second-order valence-electron chi connectivity index (χ2n) is 8.98. The Balaban J connectivity index is 1.31. The number of likely N-dealkylation sites (tertiary alicyclic amines) is 2. The van der Waals surface area contributed by atoms with Crippen molar-refractivity contribution in [1.82, 2.24) is 20.1 Å². The van der Waals surface area contributed by atoms with Crippen LogP contribution in [-0.2, 0) is 11.3 Å². The predicted octanol–water partition coefficient (Wildman–Crippen LogP) is 2.50. The van der Waals surface area contributed by atoms with Crippen molar-refractivity contribution in [1.29, 1.82) is 0 Å². The molecule has 5 rings (SSSR count). The Labute approximate surface area is 187 Å². The summed E-state index contributed by atoms with van der Waals surface area (Å²) in [7, 11) is 3.32. The highest BCUT2D eigenvalue weighted by atomic mass is 16.5. The molecule has 32 heavy (non-hydrogen) atoms. The lowest BCUT2D eigenvalue weighted by Gasteiger charge is -2.50. The smallest absolute Gasteiger partial charge is 0.270 e. The van der Waals surface area contributed by atoms with Crippen LogP contribution in [0.15, 0.2) is 54.6 Å². The fourth-order valence-electron chi connectivity index (χ4n) is 5.27. The minimum atomic E-state index is -0.195. The molecule has 2 fully saturated rings. The molecule has 0 saturated carbocycles. The monoisotopic (exact) mass is 432 g/mol. The Morgan fingerprint density at radius 3 is 2.62 bits per heavy atom. The predicted molar refractivity (Wildman–Crippen MR) is 122 cm³/mol. The molecule has 1 unspecified atom stereocenters. The number of nitrogens with one attached hydrogen (secondary N) is 2. The second kappa shape index (κ2) is 7.98. The van der Waals surface area contributed by atoms with Gasteiger partial charge in [0.25, 0.3) is 5.91 Å². The molecule has 166 valence electrons. The van der Waals surface area contributed by atoms with Gasteiger partial charge in [-0.3, -0.25) is 14.5 Å². The lowest BCUT2D eigenvalue weighted by Crippen LogP contribution is -2.64. The van der Waals surface area contributed by atoms with Crippen molar-refractivity contribution in [2.45, 2.75) is 6.54 Å². The van der Waals surface area contributed by atoms with Crippen molar-refractivity contribution in [3.8, 4) is 5.75 Å². The number of aromatic nitrogens is 1. The normalized spacial score (nSPS) is 19.8. The van der Waals surface area contributed by atoms with Crippen LogP contribution in [0.5, 0.6) is 5.75 Å². The molecule has 7 heteroatoms. The summed E-state index contributed by atoms with van der Waals surface area (Å²) in [6.45, 7) is 3.52. The van der Waals surface area contributed by atoms with E-state index in [0.29, 0.717) is 25.3 Å². The highest BCUT2D eigenvalue weighted by Gasteiger charge is 2.57. The van der Waals surface area contributed by atoms with Crippen LogP contribution >= 0.6 is 0 Å². The van der Waals surface area contributed by atoms with Gasteiger partial charge in [0.05, 0.1) is 13.0 Å². The molecule has 0 aliphatic carbocycles. The van der Waals surface area contributed by atoms with Crippen molar-refractivity contribution >= 4 is 22.7 Å². The van der Waals surface area contributed by atoms with Crippen molar-refractivity contribution in [2.75, 3.05) is 40.3 Å². The van der Waals surface area contributed by atoms with Crippen LogP contribution in [0.4, 0.5) is 0 Å². The molecular formula is C25H28N4O3. The van der Waals surface area contributed by atoms with Gasteiger partial charge in [-0.15, -0.1) is 0 Å². The third-order valence-corrected chi connectivity index (χ3v) is 6.89. The van der Waals surface area contributed by atoms with Gasteiger partial charge in [0.15, 0.2) is 0 Å². The van der Waals surface area contributed by atoms with Gasteiger partial charge in [-0.1, -0.05) is 30.3 Å². The standard InChI is InChI=1S/C25H28N4O3/c1-26-23(30)20-13-28(12-17-6-4-3-5-7-17)14-25(20)15-29(16-25)24(31)22-11-18-10-19(32-2)8-9-21(18)27-22/h3-11,20,27H,12-16H2,1-2H3,(H,26,30). The highest BCUT2D eigenvalue weighted by Crippen LogP contribution is 2.45. The number of rotatable bonds is 5. The zero-order valence-electron chi connectivity index (χ0n) is 18.4. The zero-order chi connectivity index (χ0) is 22.3. The van der Waals surface area contributed by atoms with Gasteiger partial charge in [-0.2, -0.15) is 0 Å². The van der Waals surface area contributed by atoms with E-state index in [2.05, 4.69) is 27.3 Å². The van der Waals surface area contributed by atoms with E-state index < -0.39 is 0 Å². The topological polar surface area (TPSA) is 77.7 Å². The van der Waals surface area contributed by atoms with E-state index in [4.69, 9.17) is 4.74 Å². The SMILES string of the molecule is CNC(=O)C1CN(Cc2ccccc2)CC12CN(C(=O)c1cc3cc(OC)ccc3[nH]1)C2. The summed E-state index contributed by atoms with van der Waals surface area (Å²) < 4.78 is 5.28. The fraction of sp³-hybridized carbons (Fsp3) is 0.360. The third-order valence-electron chi connectivity index (χ3n) is 6.89. The molecule has 2 aliphatic rings. The third kappa shape index (κ3) is 3.52. The van der Waals surface area contributed by atoms with E-state index >= 15 is 0 Å². The van der Waals surface area contributed by atoms with Crippen molar-refractivity contribution in [3.05, 3.63) is 65.9 Å². The van der Waals surface area contributed by atoms with Gasteiger partial charge in [0.1, 0.15) is 11.4 Å². The summed E-state index contributed by atoms with van der Waals surface area (Å²) in [4.78, 5) is 33.3. The number of aromatic amines is 1. The van der Waals surface area contributed by atoms with Crippen LogP contribution < -0.4 is 10.1 Å². The highest BCUT2D eigenvalue weighted by molar-refractivity contribution is 5.99. The van der Waals surface area contributed by atoms with Gasteiger partial charge in [-0.05, 0) is 29.8 Å². The molecular weight excluding hydrogens is 404 g/mol. The largest absolute Gasteiger partial charge is 0.497 e. The Morgan fingerprint density at radius 2 is 1.91 bits per heavy atom. The van der Waals surface area contributed by atoms with Crippen molar-refractivity contribution in [2.24, 2.45) is 11.3 Å². The van der Waals surface area contributed by atoms with E-state index in [1.165, 1.54) is 5.56 Å². The summed E-state index contributed by atoms with van der Waals surface area (Å²) in [6, 6.07) is 17.9. The number of carbonyl (C=O) groups excluding carboxylic acids is 2. The first-order valence-electron chi connectivity index (χ1n) is 11.0. The number of H-pyrrole nitrogens is 1. The number of ether oxygens (including phenoxy) is 1. The molecule has 0 bridgehead atoms. The van der Waals surface area contributed by atoms with Crippen molar-refractivity contribution in [3.63, 3.8) is 0 Å². The quantitative estimate of drug-likeness (QED) is 0.650. The maximum Gasteiger partial charge on any atom is 0.270 e. The molecule has 2 aromatic carbocycles. The molecule has 7 nitrogen and oxygen atoms in total. The molecule has 1 atom stereocenters. The number of nitrogens with zero attached hydrogens (tertiary/aromatic N) is 2. The molecule has 2 saturated heterocycles. The van der Waals surface area contributed by atoms with Crippen LogP contribution in [0.2, 0.25) is 0 Å². The van der Waals surface area contributed by atoms with E-state index in [1.807, 2.05) is 47.4 Å². The lowest BCUT2D eigenvalue weighted by molar-refractivity contribution is -0.130. The van der Waals surface area contributed by atoms with Gasteiger partial charge >= 0.3 is 0 Å². The summed E-state index contributed by atoms with van der Waals surface area (Å²) >= 11 is 0. The van der Waals surface area contributed by atoms with Crippen LogP contribution in [-0.4, -0.2) is 66.9 Å². The number of benzene rings is 2. The van der Waals surface area contributed by atoms with Gasteiger partial charge < -0.3 is 19.9 Å². The Bertz CT molecular complexity index is 1150. The number of hydrogen-bond acceptors (Lipinski definition) is 4. The van der Waals surface area contributed by atoms with Gasteiger partial charge in [-0.25, -0.2) is 0 Å². The second-order valence-corrected chi connectivity index (χ2v) is 8.98. The summed E-state index contributed by atoms with van der Waals surface area (Å²) in [5, 5.41) is 3.78. The maximum atomic E-state index is 13.2. The van der Waals surface area contributed by atoms with Crippen molar-refractivity contribution < 1.29 is 14.3 Å². The maximum absolute atomic E-state index is 13.2. The molecule has 2 amide bonds.